The van der Waals surface area contributed by atoms with Gasteiger partial charge in [-0.3, -0.25) is 10.8 Å². The highest BCUT2D eigenvalue weighted by atomic mass is 79.9. The minimum Gasteiger partial charge on any atom is -0.478 e. The fourth-order valence-corrected chi connectivity index (χ4v) is 1.62. The molecule has 0 aromatic heterocycles. The van der Waals surface area contributed by atoms with Crippen molar-refractivity contribution in [3.05, 3.63) is 27.7 Å². The van der Waals surface area contributed by atoms with Crippen molar-refractivity contribution in [1.29, 1.82) is 10.7 Å². The number of rotatable bonds is 4. The average molecular weight is 346 g/mol. The smallest absolute Gasteiger partial charge is 0.338 e. The molecule has 0 aliphatic rings. The first kappa shape index (κ1) is 15.5. The van der Waals surface area contributed by atoms with Gasteiger partial charge in [0.1, 0.15) is 6.07 Å². The van der Waals surface area contributed by atoms with E-state index in [-0.39, 0.29) is 0 Å². The molecule has 0 fully saturated rings. The van der Waals surface area contributed by atoms with E-state index in [2.05, 4.69) is 26.5 Å². The Morgan fingerprint density at radius 3 is 2.65 bits per heavy atom. The Morgan fingerprint density at radius 1 is 1.60 bits per heavy atom. The number of hydrazone groups is 1. The summed E-state index contributed by atoms with van der Waals surface area (Å²) in [6.07, 6.45) is 0. The lowest BCUT2D eigenvalue weighted by molar-refractivity contribution is 0.0697. The van der Waals surface area contributed by atoms with Crippen LogP contribution in [-0.2, 0) is 0 Å². The van der Waals surface area contributed by atoms with Crippen LogP contribution in [0.2, 0.25) is 0 Å². The number of carboxylic acids is 1. The van der Waals surface area contributed by atoms with E-state index in [1.807, 2.05) is 0 Å². The predicted molar refractivity (Wildman–Crippen MR) is 69.6 cm³/mol. The number of benzene rings is 1. The number of nitriles is 1. The van der Waals surface area contributed by atoms with Crippen LogP contribution in [0.15, 0.2) is 15.6 Å². The molecule has 1 rings (SSSR count). The largest absolute Gasteiger partial charge is 0.478 e. The fourth-order valence-electron chi connectivity index (χ4n) is 1.13. The summed E-state index contributed by atoms with van der Waals surface area (Å²) in [6, 6.07) is 1.93. The molecule has 1 aromatic rings. The van der Waals surface area contributed by atoms with Gasteiger partial charge in [0.2, 0.25) is 5.71 Å². The van der Waals surface area contributed by atoms with Gasteiger partial charge in [0.05, 0.1) is 15.7 Å². The molecule has 0 aliphatic heterocycles. The van der Waals surface area contributed by atoms with Crippen LogP contribution < -0.4 is 11.2 Å². The van der Waals surface area contributed by atoms with Crippen LogP contribution in [0.25, 0.3) is 0 Å². The Morgan fingerprint density at radius 2 is 2.20 bits per heavy atom. The maximum absolute atomic E-state index is 13.4. The maximum atomic E-state index is 13.4. The fraction of sp³-hybridized carbons (Fsp3) is 0. The third kappa shape index (κ3) is 3.07. The number of aromatic carboxylic acids is 1. The number of halogens is 3. The van der Waals surface area contributed by atoms with Gasteiger partial charge in [0.15, 0.2) is 17.5 Å². The lowest BCUT2D eigenvalue weighted by Gasteiger charge is -2.09. The standard InChI is InChI=1S/C10H6BrF2N5O2/c11-6-7(13)4(12)1-3(10(19)20)8(6)18-17-5(2-14)9(15)16/h1,18H,(H3,15,16)(H,19,20)/b17-5+. The van der Waals surface area contributed by atoms with Crippen molar-refractivity contribution in [2.45, 2.75) is 0 Å². The van der Waals surface area contributed by atoms with Gasteiger partial charge in [0.25, 0.3) is 0 Å². The van der Waals surface area contributed by atoms with Crippen LogP contribution in [0, 0.1) is 28.4 Å². The summed E-state index contributed by atoms with van der Waals surface area (Å²) in [5.74, 6) is -4.90. The molecule has 0 radical (unpaired) electrons. The number of hydrogen-bond acceptors (Lipinski definition) is 5. The summed E-state index contributed by atoms with van der Waals surface area (Å²) in [5.41, 5.74) is 5.54. The zero-order valence-electron chi connectivity index (χ0n) is 9.54. The molecular formula is C10H6BrF2N5O2. The topological polar surface area (TPSA) is 135 Å². The van der Waals surface area contributed by atoms with E-state index < -0.39 is 44.9 Å². The minimum absolute atomic E-state index is 0.412. The number of nitrogens with two attached hydrogens (primary N) is 1. The number of carbonyl (C=O) groups is 1. The molecule has 0 heterocycles. The third-order valence-corrected chi connectivity index (χ3v) is 2.78. The molecule has 104 valence electrons. The van der Waals surface area contributed by atoms with E-state index in [0.717, 1.165) is 0 Å². The lowest BCUT2D eigenvalue weighted by Crippen LogP contribution is -2.22. The van der Waals surface area contributed by atoms with Gasteiger partial charge in [-0.05, 0) is 22.0 Å². The first-order chi connectivity index (χ1) is 9.29. The van der Waals surface area contributed by atoms with Crippen molar-refractivity contribution >= 4 is 39.1 Å². The van der Waals surface area contributed by atoms with Gasteiger partial charge in [-0.2, -0.15) is 10.4 Å². The van der Waals surface area contributed by atoms with E-state index in [4.69, 9.17) is 21.5 Å². The number of nitrogens with zero attached hydrogens (tertiary/aromatic N) is 2. The first-order valence-corrected chi connectivity index (χ1v) is 5.57. The zero-order valence-corrected chi connectivity index (χ0v) is 11.1. The summed E-state index contributed by atoms with van der Waals surface area (Å²) < 4.78 is 26.0. The van der Waals surface area contributed by atoms with Crippen molar-refractivity contribution in [3.8, 4) is 6.07 Å². The number of amidine groups is 1. The Hall–Kier alpha value is -2.54. The van der Waals surface area contributed by atoms with Gasteiger partial charge in [-0.15, -0.1) is 0 Å². The Labute approximate surface area is 119 Å². The second-order valence-corrected chi connectivity index (χ2v) is 4.10. The van der Waals surface area contributed by atoms with Crippen LogP contribution in [0.3, 0.4) is 0 Å². The van der Waals surface area contributed by atoms with Crippen molar-refractivity contribution in [3.63, 3.8) is 0 Å². The summed E-state index contributed by atoms with van der Waals surface area (Å²) >= 11 is 2.68. The molecule has 20 heavy (non-hydrogen) atoms. The third-order valence-electron chi connectivity index (χ3n) is 2.03. The quantitative estimate of drug-likeness (QED) is 0.284. The van der Waals surface area contributed by atoms with Crippen LogP contribution in [0.5, 0.6) is 0 Å². The average Bonchev–Trinajstić information content (AvgIpc) is 2.38. The molecule has 0 saturated heterocycles. The Kier molecular flexibility index (Phi) is 4.71. The summed E-state index contributed by atoms with van der Waals surface area (Å²) in [4.78, 5) is 11.0. The molecule has 0 unspecified atom stereocenters. The molecule has 0 aliphatic carbocycles. The number of carboxylic acid groups (broad SMARTS) is 1. The second-order valence-electron chi connectivity index (χ2n) is 3.31. The van der Waals surface area contributed by atoms with Gasteiger partial charge >= 0.3 is 5.97 Å². The van der Waals surface area contributed by atoms with Crippen LogP contribution in [0.4, 0.5) is 14.5 Å². The molecule has 0 saturated carbocycles. The van der Waals surface area contributed by atoms with Gasteiger partial charge < -0.3 is 10.8 Å². The van der Waals surface area contributed by atoms with E-state index in [1.54, 1.807) is 0 Å². The molecule has 0 spiro atoms. The molecule has 0 bridgehead atoms. The van der Waals surface area contributed by atoms with Gasteiger partial charge in [-0.25, -0.2) is 13.6 Å². The lowest BCUT2D eigenvalue weighted by atomic mass is 10.1. The van der Waals surface area contributed by atoms with E-state index in [0.29, 0.717) is 6.07 Å². The van der Waals surface area contributed by atoms with Crippen LogP contribution in [-0.4, -0.2) is 22.6 Å². The highest BCUT2D eigenvalue weighted by molar-refractivity contribution is 9.10. The van der Waals surface area contributed by atoms with Gasteiger partial charge in [0, 0.05) is 0 Å². The number of anilines is 1. The van der Waals surface area contributed by atoms with Crippen molar-refractivity contribution in [1.82, 2.24) is 0 Å². The number of nitrogens with one attached hydrogen (secondary N) is 2. The Balaban J connectivity index is 3.38. The number of hydrogen-bond donors (Lipinski definition) is 4. The Bertz CT molecular complexity index is 669. The molecule has 0 amide bonds. The summed E-state index contributed by atoms with van der Waals surface area (Å²) in [7, 11) is 0. The zero-order chi connectivity index (χ0) is 15.4. The molecule has 10 heteroatoms. The van der Waals surface area contributed by atoms with Crippen LogP contribution in [0.1, 0.15) is 10.4 Å². The summed E-state index contributed by atoms with van der Waals surface area (Å²) in [5, 5.41) is 27.9. The highest BCUT2D eigenvalue weighted by Gasteiger charge is 2.21. The normalized spacial score (nSPS) is 10.8. The monoisotopic (exact) mass is 345 g/mol. The molecule has 7 nitrogen and oxygen atoms in total. The first-order valence-electron chi connectivity index (χ1n) is 4.78. The van der Waals surface area contributed by atoms with Crippen molar-refractivity contribution < 1.29 is 18.7 Å². The van der Waals surface area contributed by atoms with E-state index >= 15 is 0 Å². The van der Waals surface area contributed by atoms with Crippen molar-refractivity contribution in [2.24, 2.45) is 10.8 Å². The predicted octanol–water partition coefficient (Wildman–Crippen LogP) is 1.65. The van der Waals surface area contributed by atoms with Crippen molar-refractivity contribution in [2.75, 3.05) is 5.43 Å². The van der Waals surface area contributed by atoms with E-state index in [1.165, 1.54) is 6.07 Å². The van der Waals surface area contributed by atoms with Gasteiger partial charge in [-0.1, -0.05) is 0 Å². The SMILES string of the molecule is N#C/C(=N\Nc1c(C(=O)O)cc(F)c(F)c1Br)C(=N)N. The molecule has 0 atom stereocenters. The molecule has 1 aromatic carbocycles. The summed E-state index contributed by atoms with van der Waals surface area (Å²) in [6.45, 7) is 0. The molecule has 5 N–H and O–H groups in total. The van der Waals surface area contributed by atoms with E-state index in [9.17, 15) is 13.6 Å². The maximum Gasteiger partial charge on any atom is 0.338 e. The molecular weight excluding hydrogens is 340 g/mol. The second kappa shape index (κ2) is 6.07. The minimum atomic E-state index is -1.54. The van der Waals surface area contributed by atoms with Crippen LogP contribution >= 0.6 is 15.9 Å². The highest BCUT2D eigenvalue weighted by Crippen LogP contribution is 2.31.